The summed E-state index contributed by atoms with van der Waals surface area (Å²) in [4.78, 5) is 19.7. The minimum Gasteiger partial charge on any atom is -0.349 e. The number of aryl methyl sites for hydroxylation is 1. The second-order valence-electron chi connectivity index (χ2n) is 4.28. The van der Waals surface area contributed by atoms with Crippen LogP contribution in [0.1, 0.15) is 42.4 Å². The zero-order valence-corrected chi connectivity index (χ0v) is 9.57. The van der Waals surface area contributed by atoms with E-state index in [-0.39, 0.29) is 11.7 Å². The van der Waals surface area contributed by atoms with Crippen molar-refractivity contribution in [1.29, 1.82) is 0 Å². The van der Waals surface area contributed by atoms with Crippen molar-refractivity contribution >= 4 is 5.91 Å². The minimum absolute atomic E-state index is 0.158. The summed E-state index contributed by atoms with van der Waals surface area (Å²) in [5.74, 6) is 0.782. The lowest BCUT2D eigenvalue weighted by Gasteiger charge is -2.25. The first-order valence-electron chi connectivity index (χ1n) is 5.88. The Morgan fingerprint density at radius 3 is 2.62 bits per heavy atom. The predicted octanol–water partition coefficient (Wildman–Crippen LogP) is 1.57. The van der Waals surface area contributed by atoms with E-state index in [2.05, 4.69) is 15.3 Å². The zero-order chi connectivity index (χ0) is 11.4. The summed E-state index contributed by atoms with van der Waals surface area (Å²) in [6.45, 7) is 2.80. The van der Waals surface area contributed by atoms with Gasteiger partial charge in [0.25, 0.3) is 5.91 Å². The van der Waals surface area contributed by atoms with Crippen LogP contribution < -0.4 is 5.32 Å². The number of hydrogen-bond donors (Lipinski definition) is 1. The van der Waals surface area contributed by atoms with Crippen LogP contribution in [0.4, 0.5) is 0 Å². The lowest BCUT2D eigenvalue weighted by Crippen LogP contribution is -2.33. The minimum atomic E-state index is -0.158. The molecule has 1 amide bonds. The third-order valence-corrected chi connectivity index (χ3v) is 3.09. The zero-order valence-electron chi connectivity index (χ0n) is 9.57. The Balaban J connectivity index is 1.86. The Morgan fingerprint density at radius 2 is 2.12 bits per heavy atom. The molecule has 1 heterocycles. The first kappa shape index (κ1) is 11.0. The number of amides is 1. The van der Waals surface area contributed by atoms with Gasteiger partial charge in [0.15, 0.2) is 0 Å². The topological polar surface area (TPSA) is 54.9 Å². The highest BCUT2D eigenvalue weighted by molar-refractivity contribution is 5.90. The second-order valence-corrected chi connectivity index (χ2v) is 4.28. The maximum Gasteiger partial charge on any atom is 0.289 e. The number of nitrogens with one attached hydrogen (secondary N) is 1. The second kappa shape index (κ2) is 5.05. The summed E-state index contributed by atoms with van der Waals surface area (Å²) >= 11 is 0. The van der Waals surface area contributed by atoms with Gasteiger partial charge in [-0.3, -0.25) is 4.79 Å². The Hall–Kier alpha value is -1.45. The fraction of sp³-hybridized carbons (Fsp3) is 0.583. The molecule has 0 saturated heterocycles. The van der Waals surface area contributed by atoms with E-state index >= 15 is 0 Å². The van der Waals surface area contributed by atoms with Gasteiger partial charge in [-0.05, 0) is 30.7 Å². The molecule has 0 spiro atoms. The molecule has 16 heavy (non-hydrogen) atoms. The van der Waals surface area contributed by atoms with Gasteiger partial charge in [-0.1, -0.05) is 13.3 Å². The van der Waals surface area contributed by atoms with Crippen molar-refractivity contribution in [3.8, 4) is 0 Å². The molecule has 0 aliphatic heterocycles. The van der Waals surface area contributed by atoms with Crippen LogP contribution in [0.15, 0.2) is 12.4 Å². The summed E-state index contributed by atoms with van der Waals surface area (Å²) in [5, 5.41) is 2.87. The summed E-state index contributed by atoms with van der Waals surface area (Å²) < 4.78 is 0. The molecule has 1 saturated carbocycles. The molecule has 1 aromatic heterocycles. The van der Waals surface area contributed by atoms with Gasteiger partial charge in [-0.2, -0.15) is 0 Å². The Kier molecular flexibility index (Phi) is 3.49. The molecule has 2 rings (SSSR count). The molecule has 0 bridgehead atoms. The van der Waals surface area contributed by atoms with Gasteiger partial charge in [0.05, 0.1) is 0 Å². The van der Waals surface area contributed by atoms with Crippen LogP contribution in [0, 0.1) is 5.92 Å². The van der Waals surface area contributed by atoms with Crippen molar-refractivity contribution in [3.63, 3.8) is 0 Å². The van der Waals surface area contributed by atoms with Crippen LogP contribution in [-0.4, -0.2) is 22.4 Å². The molecule has 0 atom stereocenters. The first-order valence-corrected chi connectivity index (χ1v) is 5.88. The number of rotatable bonds is 4. The number of carbonyl (C=O) groups excluding carboxylic acids is 1. The van der Waals surface area contributed by atoms with Crippen LogP contribution in [0.25, 0.3) is 0 Å². The monoisotopic (exact) mass is 219 g/mol. The number of aromatic nitrogens is 2. The van der Waals surface area contributed by atoms with E-state index in [1.165, 1.54) is 19.3 Å². The van der Waals surface area contributed by atoms with Gasteiger partial charge in [-0.15, -0.1) is 0 Å². The van der Waals surface area contributed by atoms with Gasteiger partial charge >= 0.3 is 0 Å². The van der Waals surface area contributed by atoms with Crippen molar-refractivity contribution in [3.05, 3.63) is 23.8 Å². The van der Waals surface area contributed by atoms with Crippen molar-refractivity contribution in [2.75, 3.05) is 6.54 Å². The molecule has 4 nitrogen and oxygen atoms in total. The van der Waals surface area contributed by atoms with Crippen LogP contribution in [0.5, 0.6) is 0 Å². The molecule has 0 radical (unpaired) electrons. The summed E-state index contributed by atoms with van der Waals surface area (Å²) in [5.41, 5.74) is 1.05. The van der Waals surface area contributed by atoms with Gasteiger partial charge in [-0.25, -0.2) is 9.97 Å². The molecule has 1 aromatic rings. The molecular weight excluding hydrogens is 202 g/mol. The summed E-state index contributed by atoms with van der Waals surface area (Å²) in [6, 6.07) is 0. The molecule has 1 N–H and O–H groups in total. The lowest BCUT2D eigenvalue weighted by molar-refractivity contribution is 0.0928. The largest absolute Gasteiger partial charge is 0.349 e. The number of carbonyl (C=O) groups is 1. The van der Waals surface area contributed by atoms with E-state index in [0.29, 0.717) is 5.92 Å². The van der Waals surface area contributed by atoms with Gasteiger partial charge < -0.3 is 5.32 Å². The summed E-state index contributed by atoms with van der Waals surface area (Å²) in [6.07, 6.45) is 8.08. The highest BCUT2D eigenvalue weighted by atomic mass is 16.2. The SMILES string of the molecule is CCc1cnc(C(=O)NCC2CCC2)nc1. The summed E-state index contributed by atoms with van der Waals surface area (Å²) in [7, 11) is 0. The van der Waals surface area contributed by atoms with Crippen molar-refractivity contribution in [1.82, 2.24) is 15.3 Å². The first-order chi connectivity index (χ1) is 7.79. The van der Waals surface area contributed by atoms with E-state index < -0.39 is 0 Å². The molecule has 0 aromatic carbocycles. The van der Waals surface area contributed by atoms with E-state index in [4.69, 9.17) is 0 Å². The maximum absolute atomic E-state index is 11.7. The average Bonchev–Trinajstić information content (AvgIpc) is 2.27. The molecular formula is C12H17N3O. The lowest BCUT2D eigenvalue weighted by atomic mass is 9.85. The fourth-order valence-corrected chi connectivity index (χ4v) is 1.67. The molecule has 4 heteroatoms. The Morgan fingerprint density at radius 1 is 1.44 bits per heavy atom. The van der Waals surface area contributed by atoms with E-state index in [0.717, 1.165) is 18.5 Å². The molecule has 86 valence electrons. The van der Waals surface area contributed by atoms with E-state index in [1.807, 2.05) is 6.92 Å². The van der Waals surface area contributed by atoms with Crippen molar-refractivity contribution in [2.24, 2.45) is 5.92 Å². The number of hydrogen-bond acceptors (Lipinski definition) is 3. The Bertz CT molecular complexity index is 357. The fourth-order valence-electron chi connectivity index (χ4n) is 1.67. The third-order valence-electron chi connectivity index (χ3n) is 3.09. The van der Waals surface area contributed by atoms with Gasteiger partial charge in [0.2, 0.25) is 5.82 Å². The van der Waals surface area contributed by atoms with Crippen molar-refractivity contribution in [2.45, 2.75) is 32.6 Å². The number of nitrogens with zero attached hydrogens (tertiary/aromatic N) is 2. The standard InChI is InChI=1S/C12H17N3O/c1-2-9-6-13-11(14-7-9)12(16)15-8-10-4-3-5-10/h6-7,10H,2-5,8H2,1H3,(H,15,16). The molecule has 1 aliphatic carbocycles. The Labute approximate surface area is 95.5 Å². The molecule has 1 aliphatic rings. The normalized spacial score (nSPS) is 15.6. The van der Waals surface area contributed by atoms with E-state index in [1.54, 1.807) is 12.4 Å². The van der Waals surface area contributed by atoms with Crippen molar-refractivity contribution < 1.29 is 4.79 Å². The van der Waals surface area contributed by atoms with Gasteiger partial charge in [0.1, 0.15) is 0 Å². The smallest absolute Gasteiger partial charge is 0.289 e. The van der Waals surface area contributed by atoms with Crippen LogP contribution in [0.3, 0.4) is 0 Å². The molecule has 1 fully saturated rings. The van der Waals surface area contributed by atoms with E-state index in [9.17, 15) is 4.79 Å². The van der Waals surface area contributed by atoms with Crippen LogP contribution in [0.2, 0.25) is 0 Å². The highest BCUT2D eigenvalue weighted by Crippen LogP contribution is 2.25. The van der Waals surface area contributed by atoms with Gasteiger partial charge in [0, 0.05) is 18.9 Å². The highest BCUT2D eigenvalue weighted by Gasteiger charge is 2.18. The average molecular weight is 219 g/mol. The van der Waals surface area contributed by atoms with Crippen LogP contribution >= 0.6 is 0 Å². The van der Waals surface area contributed by atoms with Crippen LogP contribution in [-0.2, 0) is 6.42 Å². The molecule has 0 unspecified atom stereocenters. The third kappa shape index (κ3) is 2.56. The quantitative estimate of drug-likeness (QED) is 0.836. The maximum atomic E-state index is 11.7. The predicted molar refractivity (Wildman–Crippen MR) is 61.1 cm³/mol.